The van der Waals surface area contributed by atoms with E-state index >= 15 is 0 Å². The Bertz CT molecular complexity index is 439. The van der Waals surface area contributed by atoms with Crippen LogP contribution in [-0.4, -0.2) is 16.8 Å². The molecule has 0 bridgehead atoms. The summed E-state index contributed by atoms with van der Waals surface area (Å²) in [5, 5.41) is 19.7. The second-order valence-corrected chi connectivity index (χ2v) is 4.06. The summed E-state index contributed by atoms with van der Waals surface area (Å²) in [6, 6.07) is 19.0. The van der Waals surface area contributed by atoms with Crippen molar-refractivity contribution in [3.05, 3.63) is 71.8 Å². The Balaban J connectivity index is 2.25. The van der Waals surface area contributed by atoms with Crippen molar-refractivity contribution in [2.75, 3.05) is 6.61 Å². The molecule has 0 spiro atoms. The van der Waals surface area contributed by atoms with Crippen LogP contribution in [0.15, 0.2) is 60.7 Å². The van der Waals surface area contributed by atoms with E-state index in [-0.39, 0.29) is 12.5 Å². The fraction of sp³-hybridized carbons (Fsp3) is 0.200. The van der Waals surface area contributed by atoms with Crippen molar-refractivity contribution in [3.8, 4) is 0 Å². The topological polar surface area (TPSA) is 40.5 Å². The quantitative estimate of drug-likeness (QED) is 0.844. The van der Waals surface area contributed by atoms with Crippen molar-refractivity contribution in [3.63, 3.8) is 0 Å². The van der Waals surface area contributed by atoms with Crippen molar-refractivity contribution in [1.29, 1.82) is 0 Å². The third-order valence-electron chi connectivity index (χ3n) is 2.95. The van der Waals surface area contributed by atoms with E-state index in [1.54, 1.807) is 0 Å². The van der Waals surface area contributed by atoms with E-state index in [9.17, 15) is 10.2 Å². The van der Waals surface area contributed by atoms with Crippen molar-refractivity contribution in [1.82, 2.24) is 0 Å². The minimum atomic E-state index is -0.677. The van der Waals surface area contributed by atoms with Crippen LogP contribution in [0.25, 0.3) is 0 Å². The van der Waals surface area contributed by atoms with Crippen LogP contribution < -0.4 is 0 Å². The Morgan fingerprint density at radius 2 is 1.24 bits per heavy atom. The van der Waals surface area contributed by atoms with E-state index in [0.717, 1.165) is 11.1 Å². The minimum absolute atomic E-state index is 0.0694. The summed E-state index contributed by atoms with van der Waals surface area (Å²) in [7, 11) is 0. The number of benzene rings is 2. The lowest BCUT2D eigenvalue weighted by Crippen LogP contribution is -2.14. The van der Waals surface area contributed by atoms with Gasteiger partial charge < -0.3 is 10.2 Å². The Hall–Kier alpha value is -1.64. The van der Waals surface area contributed by atoms with Crippen LogP contribution in [0.4, 0.5) is 0 Å². The zero-order chi connectivity index (χ0) is 12.1. The second kappa shape index (κ2) is 5.62. The average molecular weight is 228 g/mol. The second-order valence-electron chi connectivity index (χ2n) is 4.06. The molecule has 2 N–H and O–H groups in total. The molecule has 2 aromatic carbocycles. The van der Waals surface area contributed by atoms with Crippen molar-refractivity contribution < 1.29 is 10.2 Å². The predicted molar refractivity (Wildman–Crippen MR) is 67.7 cm³/mol. The molecule has 2 atom stereocenters. The third kappa shape index (κ3) is 2.73. The van der Waals surface area contributed by atoms with Crippen molar-refractivity contribution in [2.24, 2.45) is 0 Å². The molecule has 0 aliphatic heterocycles. The Morgan fingerprint density at radius 1 is 0.765 bits per heavy atom. The highest BCUT2D eigenvalue weighted by Crippen LogP contribution is 2.30. The number of aliphatic hydroxyl groups excluding tert-OH is 2. The molecule has 0 aromatic heterocycles. The molecule has 0 aliphatic carbocycles. The average Bonchev–Trinajstić information content (AvgIpc) is 2.42. The molecule has 0 radical (unpaired) electrons. The van der Waals surface area contributed by atoms with E-state index in [1.165, 1.54) is 0 Å². The van der Waals surface area contributed by atoms with E-state index in [1.807, 2.05) is 60.7 Å². The van der Waals surface area contributed by atoms with E-state index < -0.39 is 6.10 Å². The Kier molecular flexibility index (Phi) is 3.91. The lowest BCUT2D eigenvalue weighted by molar-refractivity contribution is 0.107. The van der Waals surface area contributed by atoms with Gasteiger partial charge in [0.05, 0.1) is 12.7 Å². The largest absolute Gasteiger partial charge is 0.396 e. The number of aliphatic hydroxyl groups is 2. The zero-order valence-corrected chi connectivity index (χ0v) is 9.53. The van der Waals surface area contributed by atoms with Gasteiger partial charge in [-0.05, 0) is 11.1 Å². The number of hydrogen-bond donors (Lipinski definition) is 2. The van der Waals surface area contributed by atoms with Crippen molar-refractivity contribution >= 4 is 0 Å². The predicted octanol–water partition coefficient (Wildman–Crippen LogP) is 2.50. The first kappa shape index (κ1) is 11.8. The molecule has 17 heavy (non-hydrogen) atoms. The molecule has 1 unspecified atom stereocenters. The molecular formula is C15H16O2. The molecule has 0 fully saturated rings. The van der Waals surface area contributed by atoms with Gasteiger partial charge in [0.15, 0.2) is 0 Å². The fourth-order valence-electron chi connectivity index (χ4n) is 1.97. The van der Waals surface area contributed by atoms with Gasteiger partial charge in [0.2, 0.25) is 0 Å². The van der Waals surface area contributed by atoms with E-state index in [4.69, 9.17) is 0 Å². The lowest BCUT2D eigenvalue weighted by atomic mass is 9.90. The summed E-state index contributed by atoms with van der Waals surface area (Å²) in [4.78, 5) is 0. The third-order valence-corrected chi connectivity index (χ3v) is 2.95. The molecular weight excluding hydrogens is 212 g/mol. The first-order valence-electron chi connectivity index (χ1n) is 5.71. The highest BCUT2D eigenvalue weighted by molar-refractivity contribution is 5.26. The lowest BCUT2D eigenvalue weighted by Gasteiger charge is -2.21. The summed E-state index contributed by atoms with van der Waals surface area (Å²) in [5.41, 5.74) is 1.78. The molecule has 2 nitrogen and oxygen atoms in total. The van der Waals surface area contributed by atoms with Crippen LogP contribution in [0.5, 0.6) is 0 Å². The number of rotatable bonds is 4. The standard InChI is InChI=1S/C15H16O2/c16-11-14(12-7-3-1-4-8-12)15(17)13-9-5-2-6-10-13/h1-10,14-17H,11H2/t14?,15-/m1/s1. The van der Waals surface area contributed by atoms with Crippen molar-refractivity contribution in [2.45, 2.75) is 12.0 Å². The van der Waals surface area contributed by atoms with Crippen LogP contribution in [0.1, 0.15) is 23.1 Å². The van der Waals surface area contributed by atoms with Crippen LogP contribution in [0.3, 0.4) is 0 Å². The molecule has 88 valence electrons. The maximum absolute atomic E-state index is 10.3. The number of hydrogen-bond acceptors (Lipinski definition) is 2. The molecule has 2 rings (SSSR count). The fourth-order valence-corrected chi connectivity index (χ4v) is 1.97. The van der Waals surface area contributed by atoms with Gasteiger partial charge in [-0.2, -0.15) is 0 Å². The molecule has 2 aromatic rings. The van der Waals surface area contributed by atoms with Gasteiger partial charge in [0.25, 0.3) is 0 Å². The van der Waals surface area contributed by atoms with Gasteiger partial charge >= 0.3 is 0 Å². The van der Waals surface area contributed by atoms with Gasteiger partial charge in [0.1, 0.15) is 0 Å². The first-order valence-corrected chi connectivity index (χ1v) is 5.71. The minimum Gasteiger partial charge on any atom is -0.396 e. The van der Waals surface area contributed by atoms with Crippen LogP contribution in [0.2, 0.25) is 0 Å². The molecule has 0 saturated heterocycles. The van der Waals surface area contributed by atoms with Gasteiger partial charge in [-0.25, -0.2) is 0 Å². The summed E-state index contributed by atoms with van der Waals surface area (Å²) in [6.45, 7) is -0.0694. The molecule has 0 amide bonds. The van der Waals surface area contributed by atoms with Crippen LogP contribution in [0, 0.1) is 0 Å². The van der Waals surface area contributed by atoms with Crippen LogP contribution >= 0.6 is 0 Å². The Labute approximate surface area is 101 Å². The van der Waals surface area contributed by atoms with Gasteiger partial charge in [0, 0.05) is 5.92 Å². The van der Waals surface area contributed by atoms with Crippen LogP contribution in [-0.2, 0) is 0 Å². The normalized spacial score (nSPS) is 14.2. The van der Waals surface area contributed by atoms with E-state index in [2.05, 4.69) is 0 Å². The highest BCUT2D eigenvalue weighted by atomic mass is 16.3. The maximum Gasteiger partial charge on any atom is 0.0880 e. The summed E-state index contributed by atoms with van der Waals surface area (Å²) in [5.74, 6) is -0.279. The maximum atomic E-state index is 10.3. The molecule has 2 heteroatoms. The Morgan fingerprint density at radius 3 is 1.71 bits per heavy atom. The molecule has 0 heterocycles. The highest BCUT2D eigenvalue weighted by Gasteiger charge is 2.21. The summed E-state index contributed by atoms with van der Waals surface area (Å²) < 4.78 is 0. The van der Waals surface area contributed by atoms with Gasteiger partial charge in [-0.3, -0.25) is 0 Å². The zero-order valence-electron chi connectivity index (χ0n) is 9.53. The summed E-state index contributed by atoms with van der Waals surface area (Å²) in [6.07, 6.45) is -0.677. The SMILES string of the molecule is OCC(c1ccccc1)[C@H](O)c1ccccc1. The first-order chi connectivity index (χ1) is 8.33. The monoisotopic (exact) mass is 228 g/mol. The smallest absolute Gasteiger partial charge is 0.0880 e. The summed E-state index contributed by atoms with van der Waals surface area (Å²) >= 11 is 0. The molecule has 0 saturated carbocycles. The van der Waals surface area contributed by atoms with Gasteiger partial charge in [-0.15, -0.1) is 0 Å². The molecule has 0 aliphatic rings. The van der Waals surface area contributed by atoms with E-state index in [0.29, 0.717) is 0 Å². The van der Waals surface area contributed by atoms with Gasteiger partial charge in [-0.1, -0.05) is 60.7 Å².